The number of nitrogens with two attached hydrogens (primary N) is 1. The van der Waals surface area contributed by atoms with Crippen molar-refractivity contribution in [3.05, 3.63) is 48.6 Å². The van der Waals surface area contributed by atoms with E-state index in [1.54, 1.807) is 6.08 Å². The molecule has 0 aliphatic heterocycles. The summed E-state index contributed by atoms with van der Waals surface area (Å²) in [5, 5.41) is 31.0. The van der Waals surface area contributed by atoms with E-state index in [0.29, 0.717) is 19.3 Å². The van der Waals surface area contributed by atoms with E-state index in [1.807, 2.05) is 49.5 Å². The molecule has 0 heterocycles. The number of rotatable bonds is 27. The minimum Gasteiger partial charge on any atom is -0.481 e. The maximum Gasteiger partial charge on any atom is 0.322 e. The van der Waals surface area contributed by atoms with Gasteiger partial charge in [0.1, 0.15) is 24.4 Å². The van der Waals surface area contributed by atoms with Crippen molar-refractivity contribution in [3.8, 4) is 0 Å². The first kappa shape index (κ1) is 41.3. The van der Waals surface area contributed by atoms with Gasteiger partial charge in [0, 0.05) is 36.7 Å². The van der Waals surface area contributed by atoms with E-state index in [4.69, 9.17) is 21.1 Å². The van der Waals surface area contributed by atoms with Gasteiger partial charge in [0.25, 0.3) is 0 Å². The van der Waals surface area contributed by atoms with Gasteiger partial charge in [-0.1, -0.05) is 62.0 Å². The molecule has 0 aliphatic carbocycles. The molecule has 13 heteroatoms. The van der Waals surface area contributed by atoms with Crippen LogP contribution in [0.25, 0.3) is 0 Å². The van der Waals surface area contributed by atoms with Gasteiger partial charge in [-0.3, -0.25) is 28.8 Å². The minimum absolute atomic E-state index is 0.0153. The lowest BCUT2D eigenvalue weighted by Crippen LogP contribution is -2.49. The van der Waals surface area contributed by atoms with Crippen LogP contribution in [-0.4, -0.2) is 80.5 Å². The number of nitrogens with one attached hydrogen (secondary N) is 2. The summed E-state index contributed by atoms with van der Waals surface area (Å²) in [5.41, 5.74) is 5.46. The molecule has 0 spiro atoms. The Morgan fingerprint density at radius 3 is 2.18 bits per heavy atom. The summed E-state index contributed by atoms with van der Waals surface area (Å²) in [6, 6.07) is -2.35. The molecule has 45 heavy (non-hydrogen) atoms. The number of amides is 2. The number of carbonyl (C=O) groups excluding carboxylic acids is 3. The average Bonchev–Trinajstić information content (AvgIpc) is 2.98. The quantitative estimate of drug-likeness (QED) is 0.0555. The summed E-state index contributed by atoms with van der Waals surface area (Å²) in [6.07, 6.45) is 21.4. The molecule has 0 radical (unpaired) electrons. The van der Waals surface area contributed by atoms with Gasteiger partial charge in [0.2, 0.25) is 11.8 Å². The molecule has 3 atom stereocenters. The Labute approximate surface area is 269 Å². The largest absolute Gasteiger partial charge is 0.481 e. The molecule has 0 aromatic rings. The molecule has 0 aromatic heterocycles. The number of carbonyl (C=O) groups is 6. The number of unbranched alkanes of at least 4 members (excludes halogenated alkanes) is 3. The normalized spacial score (nSPS) is 13.7. The number of Topliss-reactive ketones (excluding diaryl/α,β-unsaturated/α-hetero) is 1. The minimum atomic E-state index is -1.25. The van der Waals surface area contributed by atoms with Gasteiger partial charge in [0.05, 0.1) is 0 Å². The van der Waals surface area contributed by atoms with Crippen molar-refractivity contribution in [1.82, 2.24) is 10.6 Å². The molecular formula is C32H49N3O9S. The van der Waals surface area contributed by atoms with Gasteiger partial charge in [0.15, 0.2) is 0 Å². The Hall–Kier alpha value is -3.71. The van der Waals surface area contributed by atoms with Crippen molar-refractivity contribution in [1.29, 1.82) is 0 Å². The molecule has 252 valence electrons. The Kier molecular flexibility index (Phi) is 24.5. The van der Waals surface area contributed by atoms with Crippen LogP contribution in [0.2, 0.25) is 0 Å². The SMILES string of the molecule is CC/C=C\C/C=C\C(CC(=O)C/C=C\C/C=C\CCCCCC(=O)O)SC[C@H](NC(=O)CC[C@H](N)C(=O)O)C(=O)NCC(=O)O. The second-order valence-electron chi connectivity index (χ2n) is 10.2. The molecule has 0 saturated carbocycles. The molecule has 0 bridgehead atoms. The lowest BCUT2D eigenvalue weighted by atomic mass is 10.1. The number of allylic oxidation sites excluding steroid dienone is 7. The van der Waals surface area contributed by atoms with Gasteiger partial charge < -0.3 is 31.7 Å². The topological polar surface area (TPSA) is 213 Å². The number of carboxylic acid groups (broad SMARTS) is 3. The van der Waals surface area contributed by atoms with E-state index in [1.165, 1.54) is 11.8 Å². The van der Waals surface area contributed by atoms with Crippen molar-refractivity contribution in [2.45, 2.75) is 101 Å². The summed E-state index contributed by atoms with van der Waals surface area (Å²) in [7, 11) is 0. The lowest BCUT2D eigenvalue weighted by molar-refractivity contribution is -0.139. The van der Waals surface area contributed by atoms with Gasteiger partial charge in [-0.2, -0.15) is 11.8 Å². The van der Waals surface area contributed by atoms with Crippen molar-refractivity contribution in [2.24, 2.45) is 5.73 Å². The molecule has 12 nitrogen and oxygen atoms in total. The van der Waals surface area contributed by atoms with Gasteiger partial charge in [-0.15, -0.1) is 0 Å². The molecule has 0 fully saturated rings. The maximum absolute atomic E-state index is 12.8. The van der Waals surface area contributed by atoms with Crippen LogP contribution in [0.3, 0.4) is 0 Å². The van der Waals surface area contributed by atoms with Gasteiger partial charge in [-0.05, 0) is 44.9 Å². The molecule has 0 rings (SSSR count). The fourth-order valence-electron chi connectivity index (χ4n) is 3.75. The summed E-state index contributed by atoms with van der Waals surface area (Å²) in [4.78, 5) is 70.3. The molecule has 1 unspecified atom stereocenters. The molecule has 7 N–H and O–H groups in total. The second kappa shape index (κ2) is 26.7. The Morgan fingerprint density at radius 1 is 0.822 bits per heavy atom. The molecule has 0 aromatic carbocycles. The summed E-state index contributed by atoms with van der Waals surface area (Å²) >= 11 is 1.27. The molecule has 2 amide bonds. The van der Waals surface area contributed by atoms with Gasteiger partial charge in [-0.25, -0.2) is 0 Å². The Bertz CT molecular complexity index is 1060. The predicted molar refractivity (Wildman–Crippen MR) is 175 cm³/mol. The van der Waals surface area contributed by atoms with Gasteiger partial charge >= 0.3 is 17.9 Å². The number of carboxylic acids is 3. The second-order valence-corrected chi connectivity index (χ2v) is 11.5. The summed E-state index contributed by atoms with van der Waals surface area (Å²) < 4.78 is 0. The molecular weight excluding hydrogens is 602 g/mol. The first-order valence-corrected chi connectivity index (χ1v) is 16.2. The Balaban J connectivity index is 5.15. The highest BCUT2D eigenvalue weighted by Gasteiger charge is 2.24. The van der Waals surface area contributed by atoms with Crippen LogP contribution in [0.5, 0.6) is 0 Å². The van der Waals surface area contributed by atoms with Crippen LogP contribution in [0.15, 0.2) is 48.6 Å². The average molecular weight is 652 g/mol. The van der Waals surface area contributed by atoms with Crippen molar-refractivity contribution in [3.63, 3.8) is 0 Å². The zero-order valence-corrected chi connectivity index (χ0v) is 26.8. The van der Waals surface area contributed by atoms with E-state index in [0.717, 1.165) is 25.7 Å². The van der Waals surface area contributed by atoms with Crippen LogP contribution in [0.4, 0.5) is 0 Å². The molecule has 0 aliphatic rings. The van der Waals surface area contributed by atoms with Crippen LogP contribution in [0, 0.1) is 0 Å². The van der Waals surface area contributed by atoms with Crippen LogP contribution in [-0.2, 0) is 28.8 Å². The van der Waals surface area contributed by atoms with E-state index >= 15 is 0 Å². The predicted octanol–water partition coefficient (Wildman–Crippen LogP) is 3.77. The monoisotopic (exact) mass is 651 g/mol. The molecule has 0 saturated heterocycles. The fourth-order valence-corrected chi connectivity index (χ4v) is 4.95. The fraction of sp³-hybridized carbons (Fsp3) is 0.562. The number of hydrogen-bond acceptors (Lipinski definition) is 8. The standard InChI is InChI=1S/C32H49N3O9S/c1-2-3-4-10-14-17-25(21-24(36)16-13-11-8-6-5-7-9-12-15-18-29(38)39)45-23-27(31(42)34-22-30(40)41)35-28(37)20-19-26(33)32(43)44/h3-6,11,13-14,17,25-27H,2,7-10,12,15-16,18-23,33H2,1H3,(H,34,42)(H,35,37)(H,38,39)(H,40,41)(H,43,44)/b4-3-,6-5-,13-11-,17-14-/t25?,26-,27-/m0/s1. The van der Waals surface area contributed by atoms with E-state index in [2.05, 4.69) is 10.6 Å². The lowest BCUT2D eigenvalue weighted by Gasteiger charge is -2.20. The summed E-state index contributed by atoms with van der Waals surface area (Å²) in [5.74, 6) is -4.57. The van der Waals surface area contributed by atoms with Crippen molar-refractivity contribution in [2.75, 3.05) is 12.3 Å². The number of thioether (sulfide) groups is 1. The Morgan fingerprint density at radius 2 is 1.51 bits per heavy atom. The third-order valence-corrected chi connectivity index (χ3v) is 7.49. The number of hydrogen-bond donors (Lipinski definition) is 6. The zero-order chi connectivity index (χ0) is 33.9. The van der Waals surface area contributed by atoms with Crippen LogP contribution >= 0.6 is 11.8 Å². The first-order chi connectivity index (χ1) is 21.5. The highest BCUT2D eigenvalue weighted by Crippen LogP contribution is 2.20. The maximum atomic E-state index is 12.8. The summed E-state index contributed by atoms with van der Waals surface area (Å²) in [6.45, 7) is 1.38. The van der Waals surface area contributed by atoms with E-state index < -0.39 is 48.4 Å². The zero-order valence-electron chi connectivity index (χ0n) is 26.0. The first-order valence-electron chi connectivity index (χ1n) is 15.2. The third-order valence-electron chi connectivity index (χ3n) is 6.21. The highest BCUT2D eigenvalue weighted by molar-refractivity contribution is 8.00. The smallest absolute Gasteiger partial charge is 0.322 e. The van der Waals surface area contributed by atoms with Crippen LogP contribution in [0.1, 0.15) is 84.0 Å². The highest BCUT2D eigenvalue weighted by atomic mass is 32.2. The van der Waals surface area contributed by atoms with Crippen LogP contribution < -0.4 is 16.4 Å². The van der Waals surface area contributed by atoms with E-state index in [9.17, 15) is 28.8 Å². The van der Waals surface area contributed by atoms with Crippen molar-refractivity contribution >= 4 is 47.3 Å². The number of aliphatic carboxylic acids is 3. The van der Waals surface area contributed by atoms with E-state index in [-0.39, 0.29) is 48.9 Å². The number of ketones is 1. The third kappa shape index (κ3) is 25.3. The van der Waals surface area contributed by atoms with Crippen molar-refractivity contribution < 1.29 is 44.1 Å².